The van der Waals surface area contributed by atoms with Gasteiger partial charge in [0.2, 0.25) is 5.16 Å². The third-order valence-corrected chi connectivity index (χ3v) is 3.22. The van der Waals surface area contributed by atoms with Crippen LogP contribution in [0.15, 0.2) is 23.4 Å². The van der Waals surface area contributed by atoms with Gasteiger partial charge in [0.1, 0.15) is 11.6 Å². The molecule has 1 heterocycles. The predicted octanol–water partition coefficient (Wildman–Crippen LogP) is 1.20. The van der Waals surface area contributed by atoms with E-state index in [4.69, 9.17) is 5.73 Å². The van der Waals surface area contributed by atoms with Crippen LogP contribution in [0.25, 0.3) is 0 Å². The summed E-state index contributed by atoms with van der Waals surface area (Å²) in [6, 6.07) is 3.50. The largest absolute Gasteiger partial charge is 0.329 e. The van der Waals surface area contributed by atoms with Gasteiger partial charge in [0.15, 0.2) is 0 Å². The minimum Gasteiger partial charge on any atom is -0.329 e. The summed E-state index contributed by atoms with van der Waals surface area (Å²) in [7, 11) is 0. The van der Waals surface area contributed by atoms with Gasteiger partial charge >= 0.3 is 0 Å². The van der Waals surface area contributed by atoms with Crippen LogP contribution < -0.4 is 5.73 Å². The van der Waals surface area contributed by atoms with Crippen molar-refractivity contribution in [2.75, 3.05) is 6.54 Å². The molecule has 0 radical (unpaired) electrons. The van der Waals surface area contributed by atoms with Crippen LogP contribution in [-0.4, -0.2) is 26.8 Å². The Morgan fingerprint density at radius 1 is 1.33 bits per heavy atom. The van der Waals surface area contributed by atoms with Gasteiger partial charge in [-0.2, -0.15) is 0 Å². The molecule has 0 spiro atoms. The molecule has 1 aromatic carbocycles. The molecule has 0 unspecified atom stereocenters. The lowest BCUT2D eigenvalue weighted by Gasteiger charge is -2.03. The van der Waals surface area contributed by atoms with Crippen LogP contribution in [0.4, 0.5) is 8.78 Å². The monoisotopic (exact) mass is 271 g/mol. The number of hydrogen-bond acceptors (Lipinski definition) is 5. The molecule has 0 aliphatic rings. The lowest BCUT2D eigenvalue weighted by atomic mass is 10.2. The fourth-order valence-corrected chi connectivity index (χ4v) is 2.23. The zero-order valence-electron chi connectivity index (χ0n) is 9.38. The van der Waals surface area contributed by atoms with Crippen molar-refractivity contribution in [3.63, 3.8) is 0 Å². The molecule has 0 bridgehead atoms. The highest BCUT2D eigenvalue weighted by Crippen LogP contribution is 2.21. The van der Waals surface area contributed by atoms with Crippen LogP contribution in [0.2, 0.25) is 0 Å². The molecular weight excluding hydrogens is 260 g/mol. The van der Waals surface area contributed by atoms with E-state index < -0.39 is 11.6 Å². The van der Waals surface area contributed by atoms with E-state index in [9.17, 15) is 8.78 Å². The SMILES string of the molecule is NCCn1nnnc1SCc1ccc(F)cc1F. The Labute approximate surface area is 106 Å². The molecule has 0 saturated carbocycles. The van der Waals surface area contributed by atoms with Gasteiger partial charge in [0.25, 0.3) is 0 Å². The van der Waals surface area contributed by atoms with Gasteiger partial charge in [-0.15, -0.1) is 5.10 Å². The average molecular weight is 271 g/mol. The van der Waals surface area contributed by atoms with Crippen molar-refractivity contribution in [1.29, 1.82) is 0 Å². The molecule has 2 rings (SSSR count). The quantitative estimate of drug-likeness (QED) is 0.828. The van der Waals surface area contributed by atoms with Gasteiger partial charge in [-0.1, -0.05) is 17.8 Å². The molecule has 96 valence electrons. The number of halogens is 2. The molecule has 0 fully saturated rings. The summed E-state index contributed by atoms with van der Waals surface area (Å²) in [6.07, 6.45) is 0. The molecule has 18 heavy (non-hydrogen) atoms. The maximum absolute atomic E-state index is 13.4. The Morgan fingerprint density at radius 2 is 2.17 bits per heavy atom. The van der Waals surface area contributed by atoms with Crippen LogP contribution in [0.3, 0.4) is 0 Å². The second-order valence-corrected chi connectivity index (χ2v) is 4.44. The topological polar surface area (TPSA) is 69.6 Å². The van der Waals surface area contributed by atoms with Gasteiger partial charge in [0, 0.05) is 18.4 Å². The molecule has 0 aliphatic heterocycles. The Kier molecular flexibility index (Phi) is 4.21. The van der Waals surface area contributed by atoms with Crippen LogP contribution in [-0.2, 0) is 12.3 Å². The highest BCUT2D eigenvalue weighted by Gasteiger charge is 2.09. The van der Waals surface area contributed by atoms with Gasteiger partial charge < -0.3 is 5.73 Å². The minimum atomic E-state index is -0.589. The third kappa shape index (κ3) is 3.02. The number of nitrogens with zero attached hydrogens (tertiary/aromatic N) is 4. The van der Waals surface area contributed by atoms with Crippen molar-refractivity contribution in [3.8, 4) is 0 Å². The first-order valence-electron chi connectivity index (χ1n) is 5.23. The van der Waals surface area contributed by atoms with E-state index in [1.165, 1.54) is 23.9 Å². The van der Waals surface area contributed by atoms with E-state index in [-0.39, 0.29) is 0 Å². The lowest BCUT2D eigenvalue weighted by Crippen LogP contribution is -2.12. The van der Waals surface area contributed by atoms with E-state index in [1.807, 2.05) is 0 Å². The molecular formula is C10H11F2N5S. The molecule has 0 saturated heterocycles. The minimum absolute atomic E-state index is 0.330. The summed E-state index contributed by atoms with van der Waals surface area (Å²) in [5.41, 5.74) is 5.82. The Hall–Kier alpha value is -1.54. The number of aromatic nitrogens is 4. The third-order valence-electron chi connectivity index (χ3n) is 2.21. The van der Waals surface area contributed by atoms with Crippen molar-refractivity contribution in [2.24, 2.45) is 5.73 Å². The van der Waals surface area contributed by atoms with Crippen molar-refractivity contribution >= 4 is 11.8 Å². The number of benzene rings is 1. The zero-order chi connectivity index (χ0) is 13.0. The summed E-state index contributed by atoms with van der Waals surface area (Å²) < 4.78 is 27.7. The highest BCUT2D eigenvalue weighted by molar-refractivity contribution is 7.98. The van der Waals surface area contributed by atoms with Gasteiger partial charge in [-0.25, -0.2) is 13.5 Å². The van der Waals surface area contributed by atoms with Crippen LogP contribution in [0, 0.1) is 11.6 Å². The van der Waals surface area contributed by atoms with Crippen molar-refractivity contribution in [1.82, 2.24) is 20.2 Å². The van der Waals surface area contributed by atoms with Gasteiger partial charge in [-0.3, -0.25) is 0 Å². The molecule has 1 aromatic heterocycles. The van der Waals surface area contributed by atoms with E-state index in [1.54, 1.807) is 4.68 Å². The summed E-state index contributed by atoms with van der Waals surface area (Å²) in [5.74, 6) is -0.827. The number of rotatable bonds is 5. The summed E-state index contributed by atoms with van der Waals surface area (Å²) in [4.78, 5) is 0. The molecule has 0 aliphatic carbocycles. The van der Waals surface area contributed by atoms with Crippen LogP contribution in [0.1, 0.15) is 5.56 Å². The summed E-state index contributed by atoms with van der Waals surface area (Å²) >= 11 is 1.28. The highest BCUT2D eigenvalue weighted by atomic mass is 32.2. The predicted molar refractivity (Wildman–Crippen MR) is 62.8 cm³/mol. The first-order valence-corrected chi connectivity index (χ1v) is 6.22. The van der Waals surface area contributed by atoms with Crippen molar-refractivity contribution in [3.05, 3.63) is 35.4 Å². The lowest BCUT2D eigenvalue weighted by molar-refractivity contribution is 0.556. The summed E-state index contributed by atoms with van der Waals surface area (Å²) in [6.45, 7) is 0.921. The molecule has 8 heteroatoms. The van der Waals surface area contributed by atoms with Crippen LogP contribution >= 0.6 is 11.8 Å². The zero-order valence-corrected chi connectivity index (χ0v) is 10.2. The molecule has 0 amide bonds. The number of hydrogen-bond donors (Lipinski definition) is 1. The standard InChI is InChI=1S/C10H11F2N5S/c11-8-2-1-7(9(12)5-8)6-18-10-14-15-16-17(10)4-3-13/h1-2,5H,3-4,6,13H2. The number of nitrogens with two attached hydrogens (primary N) is 1. The molecule has 0 atom stereocenters. The molecule has 5 nitrogen and oxygen atoms in total. The molecule has 2 aromatic rings. The van der Waals surface area contributed by atoms with Crippen molar-refractivity contribution in [2.45, 2.75) is 17.5 Å². The fraction of sp³-hybridized carbons (Fsp3) is 0.300. The Morgan fingerprint density at radius 3 is 2.89 bits per heavy atom. The van der Waals surface area contributed by atoms with Crippen molar-refractivity contribution < 1.29 is 8.78 Å². The number of tetrazole rings is 1. The number of thioether (sulfide) groups is 1. The Bertz CT molecular complexity index is 531. The normalized spacial score (nSPS) is 10.8. The second-order valence-electron chi connectivity index (χ2n) is 3.50. The van der Waals surface area contributed by atoms with Gasteiger partial charge in [-0.05, 0) is 22.1 Å². The first-order chi connectivity index (χ1) is 8.70. The van der Waals surface area contributed by atoms with E-state index in [2.05, 4.69) is 15.5 Å². The van der Waals surface area contributed by atoms with Gasteiger partial charge in [0.05, 0.1) is 6.54 Å². The fourth-order valence-electron chi connectivity index (χ4n) is 1.34. The maximum Gasteiger partial charge on any atom is 0.209 e. The Balaban J connectivity index is 2.04. The maximum atomic E-state index is 13.4. The molecule has 2 N–H and O–H groups in total. The summed E-state index contributed by atoms with van der Waals surface area (Å²) in [5, 5.41) is 11.6. The van der Waals surface area contributed by atoms with E-state index >= 15 is 0 Å². The smallest absolute Gasteiger partial charge is 0.209 e. The van der Waals surface area contributed by atoms with E-state index in [0.29, 0.717) is 29.6 Å². The van der Waals surface area contributed by atoms with Crippen LogP contribution in [0.5, 0.6) is 0 Å². The average Bonchev–Trinajstić information content (AvgIpc) is 2.76. The van der Waals surface area contributed by atoms with E-state index in [0.717, 1.165) is 6.07 Å². The first kappa shape index (κ1) is 12.9. The second kappa shape index (κ2) is 5.87.